The van der Waals surface area contributed by atoms with E-state index in [2.05, 4.69) is 17.2 Å². The van der Waals surface area contributed by atoms with Gasteiger partial charge >= 0.3 is 6.18 Å². The molecule has 0 saturated heterocycles. The quantitative estimate of drug-likeness (QED) is 0.421. The third-order valence-corrected chi connectivity index (χ3v) is 7.05. The fraction of sp³-hybridized carbons (Fsp3) is 0.520. The Hall–Kier alpha value is -2.89. The summed E-state index contributed by atoms with van der Waals surface area (Å²) in [4.78, 5) is 16.4. The second-order valence-electron chi connectivity index (χ2n) is 9.65. The maximum Gasteiger partial charge on any atom is 0.433 e. The summed E-state index contributed by atoms with van der Waals surface area (Å²) in [5, 5.41) is 2.64. The van der Waals surface area contributed by atoms with E-state index in [4.69, 9.17) is 4.74 Å². The van der Waals surface area contributed by atoms with Crippen LogP contribution in [0, 0.1) is 17.7 Å². The molecule has 1 unspecified atom stereocenters. The molecule has 0 aliphatic heterocycles. The summed E-state index contributed by atoms with van der Waals surface area (Å²) in [7, 11) is -3.68. The maximum atomic E-state index is 14.3. The monoisotopic (exact) mass is 545 g/mol. The highest BCUT2D eigenvalue weighted by atomic mass is 32.2. The van der Waals surface area contributed by atoms with Crippen molar-refractivity contribution >= 4 is 21.6 Å². The second kappa shape index (κ2) is 11.7. The van der Waals surface area contributed by atoms with Gasteiger partial charge in [0.1, 0.15) is 11.5 Å². The van der Waals surface area contributed by atoms with Crippen LogP contribution in [0.2, 0.25) is 0 Å². The van der Waals surface area contributed by atoms with Crippen molar-refractivity contribution in [1.29, 1.82) is 0 Å². The van der Waals surface area contributed by atoms with Crippen molar-refractivity contribution in [3.05, 3.63) is 53.0 Å². The highest BCUT2D eigenvalue weighted by molar-refractivity contribution is 7.92. The fourth-order valence-electron chi connectivity index (χ4n) is 4.15. The third kappa shape index (κ3) is 8.31. The van der Waals surface area contributed by atoms with Crippen LogP contribution in [-0.2, 0) is 27.5 Å². The SMILES string of the molecule is CC1CCC(COc2nc(C(F)(F)F)ccc2CNC(=O)C(C)c2ccc(NS(C)(=O)=O)c(F)c2)CC1. The first-order chi connectivity index (χ1) is 17.2. The van der Waals surface area contributed by atoms with Crippen molar-refractivity contribution in [3.63, 3.8) is 0 Å². The van der Waals surface area contributed by atoms with Gasteiger partial charge in [-0.25, -0.2) is 17.8 Å². The van der Waals surface area contributed by atoms with E-state index in [1.165, 1.54) is 25.1 Å². The van der Waals surface area contributed by atoms with Gasteiger partial charge in [-0.05, 0) is 61.4 Å². The highest BCUT2D eigenvalue weighted by Crippen LogP contribution is 2.32. The number of hydrogen-bond acceptors (Lipinski definition) is 5. The Morgan fingerprint density at radius 3 is 2.43 bits per heavy atom. The molecular formula is C25H31F4N3O4S. The van der Waals surface area contributed by atoms with Gasteiger partial charge in [-0.15, -0.1) is 0 Å². The van der Waals surface area contributed by atoms with Crippen molar-refractivity contribution < 1.29 is 35.5 Å². The molecule has 0 bridgehead atoms. The number of alkyl halides is 3. The number of nitrogens with zero attached hydrogens (tertiary/aromatic N) is 1. The van der Waals surface area contributed by atoms with Crippen LogP contribution in [0.1, 0.15) is 62.3 Å². The Morgan fingerprint density at radius 1 is 1.16 bits per heavy atom. The minimum absolute atomic E-state index is 0.137. The predicted octanol–water partition coefficient (Wildman–Crippen LogP) is 5.24. The molecule has 1 fully saturated rings. The molecule has 0 radical (unpaired) electrons. The zero-order chi connectivity index (χ0) is 27.4. The zero-order valence-electron chi connectivity index (χ0n) is 20.9. The van der Waals surface area contributed by atoms with E-state index >= 15 is 0 Å². The van der Waals surface area contributed by atoms with Crippen LogP contribution in [0.15, 0.2) is 30.3 Å². The average molecular weight is 546 g/mol. The number of carbonyl (C=O) groups excluding carboxylic acids is 1. The molecule has 1 aromatic carbocycles. The molecule has 3 rings (SSSR count). The summed E-state index contributed by atoms with van der Waals surface area (Å²) >= 11 is 0. The molecule has 204 valence electrons. The number of hydrogen-bond donors (Lipinski definition) is 2. The van der Waals surface area contributed by atoms with Gasteiger partial charge in [0.15, 0.2) is 0 Å². The molecule has 37 heavy (non-hydrogen) atoms. The molecule has 0 spiro atoms. The van der Waals surface area contributed by atoms with E-state index in [9.17, 15) is 30.8 Å². The maximum absolute atomic E-state index is 14.3. The topological polar surface area (TPSA) is 97.4 Å². The summed E-state index contributed by atoms with van der Waals surface area (Å²) in [5.41, 5.74) is -0.746. The molecule has 7 nitrogen and oxygen atoms in total. The first kappa shape index (κ1) is 28.7. The average Bonchev–Trinajstić information content (AvgIpc) is 2.81. The number of rotatable bonds is 9. The van der Waals surface area contributed by atoms with Crippen LogP contribution in [0.25, 0.3) is 0 Å². The van der Waals surface area contributed by atoms with Gasteiger partial charge in [0.25, 0.3) is 0 Å². The van der Waals surface area contributed by atoms with Crippen LogP contribution in [0.3, 0.4) is 0 Å². The molecule has 2 aromatic rings. The number of sulfonamides is 1. The molecule has 1 aliphatic carbocycles. The van der Waals surface area contributed by atoms with Gasteiger partial charge in [0.05, 0.1) is 24.5 Å². The van der Waals surface area contributed by atoms with Gasteiger partial charge in [0.2, 0.25) is 21.8 Å². The van der Waals surface area contributed by atoms with Gasteiger partial charge in [-0.1, -0.05) is 25.8 Å². The first-order valence-corrected chi connectivity index (χ1v) is 13.9. The van der Waals surface area contributed by atoms with Crippen molar-refractivity contribution in [2.45, 2.75) is 58.2 Å². The van der Waals surface area contributed by atoms with E-state index in [1.807, 2.05) is 4.72 Å². The number of carbonyl (C=O) groups is 1. The summed E-state index contributed by atoms with van der Waals surface area (Å²) in [6.07, 6.45) is 0.183. The number of pyridine rings is 1. The van der Waals surface area contributed by atoms with E-state index in [0.717, 1.165) is 44.1 Å². The van der Waals surface area contributed by atoms with Gasteiger partial charge in [-0.3, -0.25) is 9.52 Å². The van der Waals surface area contributed by atoms with E-state index < -0.39 is 39.5 Å². The number of amides is 1. The lowest BCUT2D eigenvalue weighted by Crippen LogP contribution is -2.28. The highest BCUT2D eigenvalue weighted by Gasteiger charge is 2.33. The molecule has 2 N–H and O–H groups in total. The minimum Gasteiger partial charge on any atom is -0.477 e. The molecule has 1 amide bonds. The third-order valence-electron chi connectivity index (χ3n) is 6.46. The van der Waals surface area contributed by atoms with Crippen LogP contribution >= 0.6 is 0 Å². The van der Waals surface area contributed by atoms with Crippen molar-refractivity contribution in [1.82, 2.24) is 10.3 Å². The Labute approximate surface area is 214 Å². The smallest absolute Gasteiger partial charge is 0.433 e. The van der Waals surface area contributed by atoms with E-state index in [1.54, 1.807) is 0 Å². The Kier molecular flexibility index (Phi) is 9.04. The fourth-order valence-corrected chi connectivity index (χ4v) is 4.71. The largest absolute Gasteiger partial charge is 0.477 e. The summed E-state index contributed by atoms with van der Waals surface area (Å²) in [6.45, 7) is 3.80. The number of aromatic nitrogens is 1. The Morgan fingerprint density at radius 2 is 1.84 bits per heavy atom. The lowest BCUT2D eigenvalue weighted by molar-refractivity contribution is -0.141. The molecular weight excluding hydrogens is 514 g/mol. The minimum atomic E-state index is -4.64. The van der Waals surface area contributed by atoms with Crippen molar-refractivity contribution in [3.8, 4) is 5.88 Å². The molecule has 1 aromatic heterocycles. The summed E-state index contributed by atoms with van der Waals surface area (Å²) in [6, 6.07) is 5.75. The van der Waals surface area contributed by atoms with Gasteiger partial charge in [-0.2, -0.15) is 13.2 Å². The lowest BCUT2D eigenvalue weighted by atomic mass is 9.83. The number of halogens is 4. The Balaban J connectivity index is 1.69. The van der Waals surface area contributed by atoms with Crippen molar-refractivity contribution in [2.75, 3.05) is 17.6 Å². The predicted molar refractivity (Wildman–Crippen MR) is 131 cm³/mol. The number of ether oxygens (including phenoxy) is 1. The molecule has 12 heteroatoms. The van der Waals surface area contributed by atoms with Gasteiger partial charge in [0, 0.05) is 12.1 Å². The molecule has 1 heterocycles. The summed E-state index contributed by atoms with van der Waals surface area (Å²) in [5.74, 6) is -1.50. The van der Waals surface area contributed by atoms with Crippen LogP contribution in [0.4, 0.5) is 23.2 Å². The number of anilines is 1. The zero-order valence-corrected chi connectivity index (χ0v) is 21.7. The van der Waals surface area contributed by atoms with E-state index in [0.29, 0.717) is 11.5 Å². The van der Waals surface area contributed by atoms with Crippen LogP contribution in [0.5, 0.6) is 5.88 Å². The molecule has 1 aliphatic rings. The number of benzene rings is 1. The summed E-state index contributed by atoms with van der Waals surface area (Å²) < 4.78 is 84.5. The van der Waals surface area contributed by atoms with Crippen LogP contribution in [-0.4, -0.2) is 32.2 Å². The normalized spacial score (nSPS) is 19.2. The van der Waals surface area contributed by atoms with Crippen LogP contribution < -0.4 is 14.8 Å². The van der Waals surface area contributed by atoms with Gasteiger partial charge < -0.3 is 10.1 Å². The standard InChI is InChI=1S/C25H31F4N3O4S/c1-15-4-6-17(7-5-15)14-36-24-19(9-11-22(31-24)25(27,28)29)13-30-23(33)16(2)18-8-10-21(20(26)12-18)32-37(3,34)35/h8-12,15-17,32H,4-7,13-14H2,1-3H3,(H,30,33). The molecule has 1 saturated carbocycles. The lowest BCUT2D eigenvalue weighted by Gasteiger charge is -2.26. The van der Waals surface area contributed by atoms with Crippen molar-refractivity contribution in [2.24, 2.45) is 11.8 Å². The molecule has 1 atom stereocenters. The second-order valence-corrected chi connectivity index (χ2v) is 11.4. The number of nitrogens with one attached hydrogen (secondary N) is 2. The first-order valence-electron chi connectivity index (χ1n) is 12.0. The van der Waals surface area contributed by atoms with E-state index in [-0.39, 0.29) is 36.2 Å². The Bertz CT molecular complexity index is 1210.